The zero-order chi connectivity index (χ0) is 23.9. The van der Waals surface area contributed by atoms with E-state index in [1.165, 1.54) is 6.20 Å². The summed E-state index contributed by atoms with van der Waals surface area (Å²) in [5.41, 5.74) is 2.85. The third kappa shape index (κ3) is 3.75. The van der Waals surface area contributed by atoms with Gasteiger partial charge in [0, 0.05) is 24.0 Å². The quantitative estimate of drug-likeness (QED) is 0.327. The molecule has 0 aliphatic carbocycles. The molecule has 0 fully saturated rings. The van der Waals surface area contributed by atoms with Crippen LogP contribution in [0.5, 0.6) is 0 Å². The van der Waals surface area contributed by atoms with Crippen molar-refractivity contribution in [3.05, 3.63) is 83.8 Å². The number of aromatic nitrogens is 7. The first kappa shape index (κ1) is 20.9. The second kappa shape index (κ2) is 8.26. The van der Waals surface area contributed by atoms with Gasteiger partial charge in [0.05, 0.1) is 39.7 Å². The summed E-state index contributed by atoms with van der Waals surface area (Å²) in [7, 11) is 1.75. The summed E-state index contributed by atoms with van der Waals surface area (Å²) in [6, 6.07) is 17.0. The molecule has 0 saturated carbocycles. The van der Waals surface area contributed by atoms with E-state index in [1.807, 2.05) is 48.5 Å². The van der Waals surface area contributed by atoms with Crippen LogP contribution in [0, 0.1) is 0 Å². The Kier molecular flexibility index (Phi) is 4.93. The van der Waals surface area contributed by atoms with Gasteiger partial charge in [0.2, 0.25) is 0 Å². The molecule has 172 valence electrons. The smallest absolute Gasteiger partial charge is 0.260 e. The second-order valence-corrected chi connectivity index (χ2v) is 8.28. The number of halogens is 1. The zero-order valence-electron chi connectivity index (χ0n) is 18.4. The molecular formula is C24H18ClN9O. The molecule has 0 bridgehead atoms. The van der Waals surface area contributed by atoms with Gasteiger partial charge in [-0.25, -0.2) is 9.67 Å². The lowest BCUT2D eigenvalue weighted by molar-refractivity contribution is 0.102. The molecule has 0 unspecified atom stereocenters. The molecule has 1 amide bonds. The number of fused-ring (bicyclic) bond motifs is 2. The molecule has 11 heteroatoms. The van der Waals surface area contributed by atoms with Crippen molar-refractivity contribution in [2.24, 2.45) is 7.05 Å². The average Bonchev–Trinajstić information content (AvgIpc) is 3.60. The lowest BCUT2D eigenvalue weighted by Crippen LogP contribution is -2.13. The van der Waals surface area contributed by atoms with E-state index in [0.717, 1.165) is 21.8 Å². The van der Waals surface area contributed by atoms with E-state index in [1.54, 1.807) is 34.9 Å². The second-order valence-electron chi connectivity index (χ2n) is 7.90. The summed E-state index contributed by atoms with van der Waals surface area (Å²) < 4.78 is 3.29. The molecule has 0 saturated heterocycles. The number of rotatable bonds is 5. The van der Waals surface area contributed by atoms with E-state index >= 15 is 0 Å². The number of aryl methyl sites for hydroxylation is 1. The minimum Gasteiger partial charge on any atom is -0.337 e. The number of carbonyl (C=O) groups is 1. The Balaban J connectivity index is 1.36. The van der Waals surface area contributed by atoms with Gasteiger partial charge in [0.15, 0.2) is 11.6 Å². The van der Waals surface area contributed by atoms with Crippen molar-refractivity contribution in [2.75, 3.05) is 10.6 Å². The SMILES string of the molecule is Cn1cc(C(=O)Nc2cccc(-n3nc(Nc4ccc5[nH]ncc5c4Cl)c4ccccc43)n2)cn1. The van der Waals surface area contributed by atoms with Crippen LogP contribution in [0.3, 0.4) is 0 Å². The number of hydrogen-bond acceptors (Lipinski definition) is 6. The first-order valence-corrected chi connectivity index (χ1v) is 11.1. The zero-order valence-corrected chi connectivity index (χ0v) is 19.2. The molecule has 0 spiro atoms. The van der Waals surface area contributed by atoms with Crippen LogP contribution in [0.25, 0.3) is 27.6 Å². The van der Waals surface area contributed by atoms with Crippen molar-refractivity contribution < 1.29 is 4.79 Å². The number of benzene rings is 2. The number of para-hydroxylation sites is 1. The van der Waals surface area contributed by atoms with E-state index in [9.17, 15) is 4.79 Å². The highest BCUT2D eigenvalue weighted by Crippen LogP contribution is 2.34. The van der Waals surface area contributed by atoms with Crippen molar-refractivity contribution in [3.8, 4) is 5.82 Å². The highest BCUT2D eigenvalue weighted by Gasteiger charge is 2.16. The highest BCUT2D eigenvalue weighted by molar-refractivity contribution is 6.38. The van der Waals surface area contributed by atoms with Crippen LogP contribution < -0.4 is 10.6 Å². The van der Waals surface area contributed by atoms with Crippen LogP contribution in [0.15, 0.2) is 73.2 Å². The van der Waals surface area contributed by atoms with Gasteiger partial charge in [0.1, 0.15) is 5.82 Å². The maximum atomic E-state index is 12.5. The normalized spacial score (nSPS) is 11.3. The maximum absolute atomic E-state index is 12.5. The summed E-state index contributed by atoms with van der Waals surface area (Å²) in [6.45, 7) is 0. The van der Waals surface area contributed by atoms with Gasteiger partial charge < -0.3 is 10.6 Å². The summed E-state index contributed by atoms with van der Waals surface area (Å²) in [6.07, 6.45) is 4.84. The monoisotopic (exact) mass is 483 g/mol. The minimum atomic E-state index is -0.292. The molecular weight excluding hydrogens is 466 g/mol. The number of hydrogen-bond donors (Lipinski definition) is 3. The van der Waals surface area contributed by atoms with Crippen molar-refractivity contribution in [1.29, 1.82) is 0 Å². The van der Waals surface area contributed by atoms with Crippen molar-refractivity contribution in [1.82, 2.24) is 34.7 Å². The summed E-state index contributed by atoms with van der Waals surface area (Å²) in [5.74, 6) is 1.28. The highest BCUT2D eigenvalue weighted by atomic mass is 35.5. The predicted octanol–water partition coefficient (Wildman–Crippen LogP) is 4.68. The number of carbonyl (C=O) groups excluding carboxylic acids is 1. The molecule has 35 heavy (non-hydrogen) atoms. The van der Waals surface area contributed by atoms with Crippen LogP contribution >= 0.6 is 11.6 Å². The Labute approximate surface area is 203 Å². The van der Waals surface area contributed by atoms with E-state index in [0.29, 0.717) is 33.7 Å². The Morgan fingerprint density at radius 1 is 1.03 bits per heavy atom. The molecule has 3 N–H and O–H groups in total. The number of nitrogens with one attached hydrogen (secondary N) is 3. The fourth-order valence-electron chi connectivity index (χ4n) is 3.88. The van der Waals surface area contributed by atoms with Gasteiger partial charge in [-0.15, -0.1) is 5.10 Å². The fourth-order valence-corrected chi connectivity index (χ4v) is 4.14. The van der Waals surface area contributed by atoms with Gasteiger partial charge >= 0.3 is 0 Å². The first-order valence-electron chi connectivity index (χ1n) is 10.7. The van der Waals surface area contributed by atoms with Crippen LogP contribution in [-0.2, 0) is 7.05 Å². The van der Waals surface area contributed by atoms with Crippen LogP contribution in [0.4, 0.5) is 17.3 Å². The summed E-state index contributed by atoms with van der Waals surface area (Å²) >= 11 is 6.61. The maximum Gasteiger partial charge on any atom is 0.260 e. The Morgan fingerprint density at radius 2 is 1.91 bits per heavy atom. The predicted molar refractivity (Wildman–Crippen MR) is 134 cm³/mol. The van der Waals surface area contributed by atoms with Crippen LogP contribution in [0.2, 0.25) is 5.02 Å². The molecule has 2 aromatic carbocycles. The molecule has 4 aromatic heterocycles. The molecule has 10 nitrogen and oxygen atoms in total. The third-order valence-corrected chi connectivity index (χ3v) is 5.97. The molecule has 0 aliphatic rings. The molecule has 0 aliphatic heterocycles. The molecule has 6 aromatic rings. The topological polar surface area (TPSA) is 118 Å². The standard InChI is InChI=1S/C24H18ClN9O/c1-33-13-14(11-27-33)24(35)30-20-7-4-8-21(29-20)34-19-6-3-2-5-15(19)23(32-34)28-18-10-9-17-16(22(18)25)12-26-31-17/h2-13H,1H3,(H,26,31)(H,28,32)(H,29,30,35). The number of anilines is 3. The Morgan fingerprint density at radius 3 is 2.77 bits per heavy atom. The van der Waals surface area contributed by atoms with E-state index in [-0.39, 0.29) is 5.91 Å². The summed E-state index contributed by atoms with van der Waals surface area (Å²) in [5, 5.41) is 24.2. The molecule has 6 rings (SSSR count). The Hall–Kier alpha value is -4.70. The average molecular weight is 484 g/mol. The van der Waals surface area contributed by atoms with Crippen LogP contribution in [-0.4, -0.2) is 40.6 Å². The molecule has 0 radical (unpaired) electrons. The van der Waals surface area contributed by atoms with Crippen molar-refractivity contribution in [3.63, 3.8) is 0 Å². The number of nitrogens with zero attached hydrogens (tertiary/aromatic N) is 6. The number of aromatic amines is 1. The van der Waals surface area contributed by atoms with Gasteiger partial charge in [-0.2, -0.15) is 10.2 Å². The van der Waals surface area contributed by atoms with Gasteiger partial charge in [-0.1, -0.05) is 29.8 Å². The third-order valence-electron chi connectivity index (χ3n) is 5.56. The molecule has 0 atom stereocenters. The van der Waals surface area contributed by atoms with E-state index < -0.39 is 0 Å². The number of pyridine rings is 1. The lowest BCUT2D eigenvalue weighted by Gasteiger charge is -2.07. The largest absolute Gasteiger partial charge is 0.337 e. The Bertz CT molecular complexity index is 1710. The fraction of sp³-hybridized carbons (Fsp3) is 0.0417. The minimum absolute atomic E-state index is 0.292. The van der Waals surface area contributed by atoms with Crippen molar-refractivity contribution in [2.45, 2.75) is 0 Å². The lowest BCUT2D eigenvalue weighted by atomic mass is 10.2. The first-order chi connectivity index (χ1) is 17.1. The van der Waals surface area contributed by atoms with Gasteiger partial charge in [-0.05, 0) is 36.4 Å². The van der Waals surface area contributed by atoms with Gasteiger partial charge in [0.25, 0.3) is 5.91 Å². The number of H-pyrrole nitrogens is 1. The van der Waals surface area contributed by atoms with Gasteiger partial charge in [-0.3, -0.25) is 14.6 Å². The summed E-state index contributed by atoms with van der Waals surface area (Å²) in [4.78, 5) is 17.2. The number of amides is 1. The van der Waals surface area contributed by atoms with E-state index in [4.69, 9.17) is 16.7 Å². The van der Waals surface area contributed by atoms with E-state index in [2.05, 4.69) is 30.9 Å². The van der Waals surface area contributed by atoms with Crippen LogP contribution in [0.1, 0.15) is 10.4 Å². The van der Waals surface area contributed by atoms with Crippen molar-refractivity contribution >= 4 is 56.6 Å². The molecule has 4 heterocycles.